The number of benzene rings is 2. The number of carbonyl (C=O) groups is 1. The van der Waals surface area contributed by atoms with Gasteiger partial charge in [0.25, 0.3) is 0 Å². The second-order valence-electron chi connectivity index (χ2n) is 8.62. The highest BCUT2D eigenvalue weighted by Crippen LogP contribution is 2.56. The number of aryl methyl sites for hydroxylation is 4. The van der Waals surface area contributed by atoms with Crippen LogP contribution in [-0.2, 0) is 5.41 Å². The Morgan fingerprint density at radius 2 is 1.63 bits per heavy atom. The van der Waals surface area contributed by atoms with Crippen molar-refractivity contribution in [3.8, 4) is 5.75 Å². The molecule has 0 saturated heterocycles. The van der Waals surface area contributed by atoms with Gasteiger partial charge in [0.15, 0.2) is 5.78 Å². The van der Waals surface area contributed by atoms with E-state index >= 15 is 0 Å². The molecule has 5 rings (SSSR count). The first kappa shape index (κ1) is 16.6. The van der Waals surface area contributed by atoms with Gasteiger partial charge < -0.3 is 9.15 Å². The maximum Gasteiger partial charge on any atom is 0.173 e. The third-order valence-corrected chi connectivity index (χ3v) is 6.50. The minimum absolute atomic E-state index is 0.124. The monoisotopic (exact) mass is 360 g/mol. The van der Waals surface area contributed by atoms with Crippen LogP contribution in [-0.4, -0.2) is 11.9 Å². The molecular weight excluding hydrogens is 336 g/mol. The smallest absolute Gasteiger partial charge is 0.173 e. The summed E-state index contributed by atoms with van der Waals surface area (Å²) in [4.78, 5) is 13.4. The van der Waals surface area contributed by atoms with Crippen LogP contribution < -0.4 is 4.74 Å². The van der Waals surface area contributed by atoms with Gasteiger partial charge in [-0.3, -0.25) is 4.79 Å². The second kappa shape index (κ2) is 5.03. The number of hydrogen-bond acceptors (Lipinski definition) is 3. The molecule has 3 aromatic rings. The number of ketones is 1. The Labute approximate surface area is 159 Å². The number of rotatable bonds is 0. The lowest BCUT2D eigenvalue weighted by Crippen LogP contribution is -2.48. The van der Waals surface area contributed by atoms with E-state index in [0.717, 1.165) is 50.3 Å². The number of Topliss-reactive ketones (excluding diaryl/α,β-unsaturated/α-hetero) is 1. The van der Waals surface area contributed by atoms with Gasteiger partial charge in [0.1, 0.15) is 23.2 Å². The third-order valence-electron chi connectivity index (χ3n) is 6.50. The summed E-state index contributed by atoms with van der Waals surface area (Å²) in [6.07, 6.45) is -0.241. The van der Waals surface area contributed by atoms with Crippen LogP contribution in [0.15, 0.2) is 28.7 Å². The first-order valence-corrected chi connectivity index (χ1v) is 9.60. The maximum absolute atomic E-state index is 13.4. The molecule has 3 atom stereocenters. The van der Waals surface area contributed by atoms with Crippen LogP contribution in [0.5, 0.6) is 5.75 Å². The first-order chi connectivity index (χ1) is 12.7. The van der Waals surface area contributed by atoms with E-state index < -0.39 is 5.41 Å². The molecule has 138 valence electrons. The van der Waals surface area contributed by atoms with Crippen molar-refractivity contribution in [1.29, 1.82) is 0 Å². The minimum atomic E-state index is -0.464. The summed E-state index contributed by atoms with van der Waals surface area (Å²) in [6, 6.07) is 8.52. The van der Waals surface area contributed by atoms with Gasteiger partial charge in [-0.15, -0.1) is 0 Å². The van der Waals surface area contributed by atoms with Crippen LogP contribution in [0, 0.1) is 33.6 Å². The lowest BCUT2D eigenvalue weighted by molar-refractivity contribution is 0.0624. The van der Waals surface area contributed by atoms with E-state index in [1.807, 2.05) is 13.8 Å². The van der Waals surface area contributed by atoms with Crippen molar-refractivity contribution in [3.63, 3.8) is 0 Å². The van der Waals surface area contributed by atoms with E-state index in [1.165, 1.54) is 5.56 Å². The zero-order valence-corrected chi connectivity index (χ0v) is 16.7. The predicted octanol–water partition coefficient (Wildman–Crippen LogP) is 5.57. The van der Waals surface area contributed by atoms with E-state index in [1.54, 1.807) is 0 Å². The molecule has 0 bridgehead atoms. The molecule has 27 heavy (non-hydrogen) atoms. The van der Waals surface area contributed by atoms with Crippen LogP contribution in [0.25, 0.3) is 11.0 Å². The highest BCUT2D eigenvalue weighted by molar-refractivity contribution is 6.12. The van der Waals surface area contributed by atoms with E-state index in [9.17, 15) is 4.79 Å². The molecule has 1 aliphatic carbocycles. The lowest BCUT2D eigenvalue weighted by Gasteiger charge is -2.36. The Morgan fingerprint density at radius 1 is 0.963 bits per heavy atom. The van der Waals surface area contributed by atoms with Crippen molar-refractivity contribution >= 4 is 16.8 Å². The number of fused-ring (bicyclic) bond motifs is 7. The Balaban J connectivity index is 1.92. The molecule has 2 heterocycles. The highest BCUT2D eigenvalue weighted by Gasteiger charge is 2.58. The molecule has 0 saturated carbocycles. The van der Waals surface area contributed by atoms with Gasteiger partial charge in [0, 0.05) is 10.9 Å². The largest absolute Gasteiger partial charge is 0.488 e. The van der Waals surface area contributed by atoms with E-state index in [0.29, 0.717) is 0 Å². The third kappa shape index (κ3) is 1.90. The van der Waals surface area contributed by atoms with Gasteiger partial charge in [0.05, 0.1) is 16.9 Å². The Kier molecular flexibility index (Phi) is 3.10. The van der Waals surface area contributed by atoms with Gasteiger partial charge in [0.2, 0.25) is 0 Å². The van der Waals surface area contributed by atoms with Crippen molar-refractivity contribution < 1.29 is 13.9 Å². The predicted molar refractivity (Wildman–Crippen MR) is 106 cm³/mol. The SMILES string of the molecule is Cc1cc(C)c2c(c1)[C@]1(C)c3oc4c(C)cc(C)cc4c3C(=O)[C@H](C)C1O2. The molecule has 1 aromatic heterocycles. The van der Waals surface area contributed by atoms with Gasteiger partial charge in [-0.25, -0.2) is 0 Å². The first-order valence-electron chi connectivity index (χ1n) is 9.60. The fraction of sp³-hybridized carbons (Fsp3) is 0.375. The molecule has 0 N–H and O–H groups in total. The highest BCUT2D eigenvalue weighted by atomic mass is 16.5. The average Bonchev–Trinajstić information content (AvgIpc) is 3.11. The summed E-state index contributed by atoms with van der Waals surface area (Å²) in [5.74, 6) is 1.58. The molecule has 2 aliphatic rings. The summed E-state index contributed by atoms with van der Waals surface area (Å²) in [6.45, 7) is 12.5. The second-order valence-corrected chi connectivity index (χ2v) is 8.62. The normalized spacial score (nSPS) is 25.9. The van der Waals surface area contributed by atoms with Crippen LogP contribution >= 0.6 is 0 Å². The molecule has 1 aliphatic heterocycles. The van der Waals surface area contributed by atoms with Crippen molar-refractivity contribution in [2.24, 2.45) is 5.92 Å². The van der Waals surface area contributed by atoms with Crippen molar-refractivity contribution in [3.05, 3.63) is 63.4 Å². The van der Waals surface area contributed by atoms with Crippen LogP contribution in [0.3, 0.4) is 0 Å². The molecule has 3 heteroatoms. The molecule has 3 nitrogen and oxygen atoms in total. The van der Waals surface area contributed by atoms with Gasteiger partial charge >= 0.3 is 0 Å². The molecule has 2 aromatic carbocycles. The van der Waals surface area contributed by atoms with Crippen LogP contribution in [0.2, 0.25) is 0 Å². The number of carbonyl (C=O) groups excluding carboxylic acids is 1. The standard InChI is InChI=1S/C24H24O3/c1-11-7-13(3)20-16(9-11)18-19(25)15(5)22-24(6,23(18)26-20)17-10-12(2)8-14(4)21(17)27-22/h7-10,15,22H,1-6H3/t15-,22?,24-/m0/s1. The Bertz CT molecular complexity index is 1150. The molecule has 0 radical (unpaired) electrons. The summed E-state index contributed by atoms with van der Waals surface area (Å²) in [7, 11) is 0. The molecule has 0 amide bonds. The number of hydrogen-bond donors (Lipinski definition) is 0. The topological polar surface area (TPSA) is 39.4 Å². The van der Waals surface area contributed by atoms with E-state index in [4.69, 9.17) is 9.15 Å². The van der Waals surface area contributed by atoms with Crippen LogP contribution in [0.1, 0.15) is 57.8 Å². The van der Waals surface area contributed by atoms with Crippen molar-refractivity contribution in [1.82, 2.24) is 0 Å². The summed E-state index contributed by atoms with van der Waals surface area (Å²) in [5, 5.41) is 0.942. The van der Waals surface area contributed by atoms with Crippen molar-refractivity contribution in [2.45, 2.75) is 53.1 Å². The van der Waals surface area contributed by atoms with Gasteiger partial charge in [-0.1, -0.05) is 30.7 Å². The van der Waals surface area contributed by atoms with Gasteiger partial charge in [-0.05, 0) is 57.4 Å². The minimum Gasteiger partial charge on any atom is -0.488 e. The van der Waals surface area contributed by atoms with Crippen LogP contribution in [0.4, 0.5) is 0 Å². The Morgan fingerprint density at radius 3 is 2.37 bits per heavy atom. The van der Waals surface area contributed by atoms with Gasteiger partial charge in [-0.2, -0.15) is 0 Å². The fourth-order valence-electron chi connectivity index (χ4n) is 5.27. The Hall–Kier alpha value is -2.55. The molecule has 1 unspecified atom stereocenters. The van der Waals surface area contributed by atoms with Crippen molar-refractivity contribution in [2.75, 3.05) is 0 Å². The number of furan rings is 1. The number of ether oxygens (including phenoxy) is 1. The summed E-state index contributed by atoms with van der Waals surface area (Å²) in [5.41, 5.74) is 6.78. The lowest BCUT2D eigenvalue weighted by atomic mass is 9.65. The average molecular weight is 360 g/mol. The van der Waals surface area contributed by atoms with E-state index in [-0.39, 0.29) is 17.8 Å². The molecule has 0 fully saturated rings. The molecule has 0 spiro atoms. The quantitative estimate of drug-likeness (QED) is 0.526. The zero-order valence-electron chi connectivity index (χ0n) is 16.7. The zero-order chi connectivity index (χ0) is 19.2. The van der Waals surface area contributed by atoms with E-state index in [2.05, 4.69) is 52.0 Å². The maximum atomic E-state index is 13.4. The molecular formula is C24H24O3. The summed E-state index contributed by atoms with van der Waals surface area (Å²) >= 11 is 0. The summed E-state index contributed by atoms with van der Waals surface area (Å²) < 4.78 is 12.9. The fourth-order valence-corrected chi connectivity index (χ4v) is 5.27.